The van der Waals surface area contributed by atoms with E-state index in [1.54, 1.807) is 18.2 Å². The van der Waals surface area contributed by atoms with Gasteiger partial charge in [0.2, 0.25) is 0 Å². The molecule has 0 aromatic heterocycles. The Kier molecular flexibility index (Phi) is 3.53. The van der Waals surface area contributed by atoms with E-state index in [0.717, 1.165) is 36.1 Å². The minimum Gasteiger partial charge on any atom is -0.497 e. The summed E-state index contributed by atoms with van der Waals surface area (Å²) < 4.78 is 5.42. The first kappa shape index (κ1) is 13.0. The van der Waals surface area contributed by atoms with E-state index in [1.165, 1.54) is 19.3 Å². The van der Waals surface area contributed by atoms with Gasteiger partial charge in [0.25, 0.3) is 0 Å². The minimum absolute atomic E-state index is 0.736. The molecule has 4 atom stereocenters. The summed E-state index contributed by atoms with van der Waals surface area (Å²) in [6.45, 7) is 5.65. The smallest absolute Gasteiger partial charge is 0.119 e. The average molecular weight is 259 g/mol. The van der Waals surface area contributed by atoms with Crippen LogP contribution in [0.4, 0.5) is 0 Å². The predicted octanol–water partition coefficient (Wildman–Crippen LogP) is 3.36. The second-order valence-electron chi connectivity index (χ2n) is 5.95. The molecule has 1 saturated carbocycles. The highest BCUT2D eigenvalue weighted by Crippen LogP contribution is 2.55. The van der Waals surface area contributed by atoms with Gasteiger partial charge in [0.05, 0.1) is 7.11 Å². The third-order valence-corrected chi connectivity index (χ3v) is 5.22. The number of methoxy groups -OCH3 is 1. The van der Waals surface area contributed by atoms with Crippen molar-refractivity contribution in [2.24, 2.45) is 11.8 Å². The number of rotatable bonds is 4. The number of aryl methyl sites for hydroxylation is 1. The molecule has 104 valence electrons. The molecule has 19 heavy (non-hydrogen) atoms. The highest BCUT2D eigenvalue weighted by Gasteiger charge is 2.51. The lowest BCUT2D eigenvalue weighted by Crippen LogP contribution is -2.58. The van der Waals surface area contributed by atoms with Crippen molar-refractivity contribution in [3.63, 3.8) is 0 Å². The van der Waals surface area contributed by atoms with E-state index in [9.17, 15) is 0 Å². The molecule has 4 unspecified atom stereocenters. The molecule has 0 aliphatic heterocycles. The minimum atomic E-state index is 0.736. The number of hydrogen-bond donors (Lipinski definition) is 1. The van der Waals surface area contributed by atoms with Crippen LogP contribution in [0.2, 0.25) is 0 Å². The Bertz CT molecular complexity index is 457. The Morgan fingerprint density at radius 3 is 2.84 bits per heavy atom. The molecule has 0 saturated heterocycles. The molecule has 1 aromatic rings. The Hall–Kier alpha value is -1.02. The molecule has 2 aliphatic carbocycles. The zero-order valence-electron chi connectivity index (χ0n) is 12.3. The fourth-order valence-corrected chi connectivity index (χ4v) is 4.36. The van der Waals surface area contributed by atoms with Gasteiger partial charge in [0, 0.05) is 6.04 Å². The van der Waals surface area contributed by atoms with E-state index < -0.39 is 0 Å². The third kappa shape index (κ3) is 1.97. The predicted molar refractivity (Wildman–Crippen MR) is 78.8 cm³/mol. The summed E-state index contributed by atoms with van der Waals surface area (Å²) >= 11 is 0. The van der Waals surface area contributed by atoms with Gasteiger partial charge in [-0.1, -0.05) is 26.3 Å². The van der Waals surface area contributed by atoms with Gasteiger partial charge in [0.1, 0.15) is 5.75 Å². The molecule has 2 heteroatoms. The zero-order chi connectivity index (χ0) is 13.4. The van der Waals surface area contributed by atoms with E-state index in [-0.39, 0.29) is 0 Å². The van der Waals surface area contributed by atoms with Gasteiger partial charge >= 0.3 is 0 Å². The van der Waals surface area contributed by atoms with Crippen molar-refractivity contribution >= 4 is 0 Å². The van der Waals surface area contributed by atoms with E-state index in [4.69, 9.17) is 4.74 Å². The van der Waals surface area contributed by atoms with Gasteiger partial charge < -0.3 is 10.1 Å². The maximum absolute atomic E-state index is 5.42. The summed E-state index contributed by atoms with van der Waals surface area (Å²) in [5, 5.41) is 3.71. The summed E-state index contributed by atoms with van der Waals surface area (Å²) in [4.78, 5) is 0. The van der Waals surface area contributed by atoms with Crippen molar-refractivity contribution in [3.05, 3.63) is 29.3 Å². The molecule has 3 rings (SSSR count). The Balaban J connectivity index is 1.91. The summed E-state index contributed by atoms with van der Waals surface area (Å²) in [7, 11) is 1.77. The van der Waals surface area contributed by atoms with E-state index in [0.29, 0.717) is 0 Å². The van der Waals surface area contributed by atoms with Crippen LogP contribution in [0.3, 0.4) is 0 Å². The first-order valence-corrected chi connectivity index (χ1v) is 7.70. The van der Waals surface area contributed by atoms with Gasteiger partial charge in [-0.25, -0.2) is 0 Å². The maximum Gasteiger partial charge on any atom is 0.119 e. The van der Waals surface area contributed by atoms with Crippen LogP contribution in [0.5, 0.6) is 5.75 Å². The Morgan fingerprint density at radius 1 is 1.32 bits per heavy atom. The van der Waals surface area contributed by atoms with Crippen LogP contribution in [0.25, 0.3) is 0 Å². The summed E-state index contributed by atoms with van der Waals surface area (Å²) in [5.74, 6) is 3.41. The summed E-state index contributed by atoms with van der Waals surface area (Å²) in [6.07, 6.45) is 3.85. The van der Waals surface area contributed by atoms with E-state index in [1.807, 2.05) is 0 Å². The molecule has 1 N–H and O–H groups in total. The van der Waals surface area contributed by atoms with Crippen molar-refractivity contribution < 1.29 is 4.74 Å². The van der Waals surface area contributed by atoms with Crippen LogP contribution in [0, 0.1) is 11.8 Å². The Labute approximate surface area is 116 Å². The molecule has 2 nitrogen and oxygen atoms in total. The van der Waals surface area contributed by atoms with Gasteiger partial charge in [0.15, 0.2) is 0 Å². The molecule has 0 bridgehead atoms. The monoisotopic (exact) mass is 259 g/mol. The molecular weight excluding hydrogens is 234 g/mol. The SMILES string of the molecule is CCNC1C(CC)C2c3cc(OC)ccc3CCC12. The lowest BCUT2D eigenvalue weighted by Gasteiger charge is -2.55. The first-order valence-electron chi connectivity index (χ1n) is 7.70. The van der Waals surface area contributed by atoms with E-state index in [2.05, 4.69) is 37.4 Å². The number of fused-ring (bicyclic) bond motifs is 3. The van der Waals surface area contributed by atoms with Gasteiger partial charge in [-0.3, -0.25) is 0 Å². The molecule has 0 spiro atoms. The molecule has 2 aliphatic rings. The lowest BCUT2D eigenvalue weighted by molar-refractivity contribution is 0.0514. The van der Waals surface area contributed by atoms with Crippen LogP contribution < -0.4 is 10.1 Å². The maximum atomic E-state index is 5.42. The number of benzene rings is 1. The van der Waals surface area contributed by atoms with Crippen molar-refractivity contribution in [1.82, 2.24) is 5.32 Å². The standard InChI is InChI=1S/C17H25NO/c1-4-13-16-14(17(13)18-5-2)9-7-11-6-8-12(19-3)10-15(11)16/h6,8,10,13-14,16-18H,4-5,7,9H2,1-3H3. The van der Waals surface area contributed by atoms with Crippen LogP contribution >= 0.6 is 0 Å². The number of ether oxygens (including phenoxy) is 1. The lowest BCUT2D eigenvalue weighted by atomic mass is 9.53. The fourth-order valence-electron chi connectivity index (χ4n) is 4.36. The van der Waals surface area contributed by atoms with Crippen molar-refractivity contribution in [3.8, 4) is 5.75 Å². The first-order chi connectivity index (χ1) is 9.30. The molecule has 1 aromatic carbocycles. The average Bonchev–Trinajstić information content (AvgIpc) is 2.44. The molecule has 0 heterocycles. The molecular formula is C17H25NO. The van der Waals surface area contributed by atoms with Crippen LogP contribution in [0.1, 0.15) is 43.7 Å². The normalized spacial score (nSPS) is 32.2. The molecule has 1 fully saturated rings. The van der Waals surface area contributed by atoms with Crippen LogP contribution in [-0.4, -0.2) is 19.7 Å². The van der Waals surface area contributed by atoms with E-state index >= 15 is 0 Å². The van der Waals surface area contributed by atoms with Gasteiger partial charge in [-0.2, -0.15) is 0 Å². The molecule has 0 amide bonds. The third-order valence-electron chi connectivity index (χ3n) is 5.22. The topological polar surface area (TPSA) is 21.3 Å². The quantitative estimate of drug-likeness (QED) is 0.895. The van der Waals surface area contributed by atoms with Gasteiger partial charge in [-0.15, -0.1) is 0 Å². The van der Waals surface area contributed by atoms with Crippen molar-refractivity contribution in [2.45, 2.75) is 45.1 Å². The second-order valence-corrected chi connectivity index (χ2v) is 5.95. The highest BCUT2D eigenvalue weighted by molar-refractivity contribution is 5.43. The van der Waals surface area contributed by atoms with Crippen LogP contribution in [0.15, 0.2) is 18.2 Å². The summed E-state index contributed by atoms with van der Waals surface area (Å²) in [6, 6.07) is 7.41. The number of hydrogen-bond acceptors (Lipinski definition) is 2. The fraction of sp³-hybridized carbons (Fsp3) is 0.647. The summed E-state index contributed by atoms with van der Waals surface area (Å²) in [5.41, 5.74) is 3.12. The Morgan fingerprint density at radius 2 is 2.16 bits per heavy atom. The zero-order valence-corrected chi connectivity index (χ0v) is 12.3. The number of nitrogens with one attached hydrogen (secondary N) is 1. The van der Waals surface area contributed by atoms with Gasteiger partial charge in [-0.05, 0) is 60.4 Å². The largest absolute Gasteiger partial charge is 0.497 e. The van der Waals surface area contributed by atoms with Crippen molar-refractivity contribution in [1.29, 1.82) is 0 Å². The molecule has 0 radical (unpaired) electrons. The van der Waals surface area contributed by atoms with Crippen LogP contribution in [-0.2, 0) is 6.42 Å². The van der Waals surface area contributed by atoms with Crippen molar-refractivity contribution in [2.75, 3.05) is 13.7 Å². The second kappa shape index (κ2) is 5.16. The highest BCUT2D eigenvalue weighted by atomic mass is 16.5.